The van der Waals surface area contributed by atoms with Crippen molar-refractivity contribution >= 4 is 0 Å². The molecular weight excluding hydrogens is 144 g/mol. The van der Waals surface area contributed by atoms with E-state index in [1.54, 1.807) is 0 Å². The fourth-order valence-corrected chi connectivity index (χ4v) is 2.92. The molecule has 2 aliphatic carbocycles. The molecule has 2 rings (SSSR count). The van der Waals surface area contributed by atoms with E-state index in [2.05, 4.69) is 32.9 Å². The van der Waals surface area contributed by atoms with E-state index in [1.807, 2.05) is 0 Å². The maximum atomic E-state index is 2.47. The minimum Gasteiger partial charge on any atom is -0.0851 e. The average Bonchev–Trinajstić information content (AvgIpc) is 2.62. The van der Waals surface area contributed by atoms with Crippen molar-refractivity contribution in [3.05, 3.63) is 12.2 Å². The zero-order valence-corrected chi connectivity index (χ0v) is 8.46. The molecule has 0 aromatic rings. The number of allylic oxidation sites excluding steroid dienone is 2. The van der Waals surface area contributed by atoms with E-state index in [9.17, 15) is 0 Å². The molecule has 0 aliphatic heterocycles. The Morgan fingerprint density at radius 1 is 1.08 bits per heavy atom. The van der Waals surface area contributed by atoms with Gasteiger partial charge in [-0.1, -0.05) is 32.9 Å². The molecule has 2 aliphatic rings. The fourth-order valence-electron chi connectivity index (χ4n) is 2.92. The lowest BCUT2D eigenvalue weighted by Crippen LogP contribution is -2.20. The molecule has 0 N–H and O–H groups in total. The van der Waals surface area contributed by atoms with Crippen LogP contribution in [0.3, 0.4) is 0 Å². The Balaban J connectivity index is 2.03. The van der Waals surface area contributed by atoms with Gasteiger partial charge in [-0.25, -0.2) is 0 Å². The van der Waals surface area contributed by atoms with Crippen LogP contribution in [0.1, 0.15) is 33.6 Å². The summed E-state index contributed by atoms with van der Waals surface area (Å²) in [5, 5.41) is 0. The SMILES string of the molecule is CC(C)C(C)C1CC2C=CC1C2. The van der Waals surface area contributed by atoms with Crippen LogP contribution in [0.15, 0.2) is 12.2 Å². The second-order valence-electron chi connectivity index (χ2n) is 5.05. The number of hydrogen-bond donors (Lipinski definition) is 0. The zero-order valence-electron chi connectivity index (χ0n) is 8.46. The summed E-state index contributed by atoms with van der Waals surface area (Å²) in [6, 6.07) is 0. The Morgan fingerprint density at radius 2 is 1.83 bits per heavy atom. The van der Waals surface area contributed by atoms with Crippen molar-refractivity contribution in [1.82, 2.24) is 0 Å². The van der Waals surface area contributed by atoms with Crippen molar-refractivity contribution in [2.45, 2.75) is 33.6 Å². The van der Waals surface area contributed by atoms with E-state index >= 15 is 0 Å². The van der Waals surface area contributed by atoms with Gasteiger partial charge in [-0.2, -0.15) is 0 Å². The highest BCUT2D eigenvalue weighted by molar-refractivity contribution is 5.10. The van der Waals surface area contributed by atoms with Crippen molar-refractivity contribution < 1.29 is 0 Å². The zero-order chi connectivity index (χ0) is 8.72. The molecular formula is C12H20. The second kappa shape index (κ2) is 2.90. The molecule has 4 unspecified atom stereocenters. The van der Waals surface area contributed by atoms with E-state index in [4.69, 9.17) is 0 Å². The lowest BCUT2D eigenvalue weighted by atomic mass is 9.77. The summed E-state index contributed by atoms with van der Waals surface area (Å²) >= 11 is 0. The summed E-state index contributed by atoms with van der Waals surface area (Å²) in [6.07, 6.45) is 7.84. The largest absolute Gasteiger partial charge is 0.0851 e. The van der Waals surface area contributed by atoms with E-state index in [-0.39, 0.29) is 0 Å². The smallest absolute Gasteiger partial charge is 0.0197 e. The van der Waals surface area contributed by atoms with Crippen molar-refractivity contribution in [2.75, 3.05) is 0 Å². The van der Waals surface area contributed by atoms with Crippen molar-refractivity contribution in [1.29, 1.82) is 0 Å². The first-order valence-electron chi connectivity index (χ1n) is 5.37. The molecule has 1 saturated carbocycles. The lowest BCUT2D eigenvalue weighted by molar-refractivity contribution is 0.242. The van der Waals surface area contributed by atoms with Crippen LogP contribution in [-0.4, -0.2) is 0 Å². The van der Waals surface area contributed by atoms with Crippen molar-refractivity contribution in [3.8, 4) is 0 Å². The van der Waals surface area contributed by atoms with Gasteiger partial charge in [0.2, 0.25) is 0 Å². The van der Waals surface area contributed by atoms with Gasteiger partial charge in [0.15, 0.2) is 0 Å². The van der Waals surface area contributed by atoms with Gasteiger partial charge in [-0.15, -0.1) is 0 Å². The lowest BCUT2D eigenvalue weighted by Gasteiger charge is -2.28. The molecule has 0 heteroatoms. The van der Waals surface area contributed by atoms with Gasteiger partial charge < -0.3 is 0 Å². The summed E-state index contributed by atoms with van der Waals surface area (Å²) in [7, 11) is 0. The van der Waals surface area contributed by atoms with Crippen LogP contribution in [-0.2, 0) is 0 Å². The standard InChI is InChI=1S/C12H20/c1-8(2)9(3)12-7-10-4-5-11(12)6-10/h4-5,8-12H,6-7H2,1-3H3. The highest BCUT2D eigenvalue weighted by Gasteiger charge is 2.38. The quantitative estimate of drug-likeness (QED) is 0.548. The molecule has 68 valence electrons. The van der Waals surface area contributed by atoms with Crippen molar-refractivity contribution in [2.24, 2.45) is 29.6 Å². The topological polar surface area (TPSA) is 0 Å². The van der Waals surface area contributed by atoms with E-state index < -0.39 is 0 Å². The van der Waals surface area contributed by atoms with E-state index in [0.717, 1.165) is 29.6 Å². The normalized spacial score (nSPS) is 41.2. The van der Waals surface area contributed by atoms with Gasteiger partial charge in [-0.05, 0) is 42.4 Å². The third kappa shape index (κ3) is 1.22. The van der Waals surface area contributed by atoms with Gasteiger partial charge in [0.05, 0.1) is 0 Å². The van der Waals surface area contributed by atoms with Crippen LogP contribution in [0.2, 0.25) is 0 Å². The third-order valence-corrected chi connectivity index (χ3v) is 4.06. The highest BCUT2D eigenvalue weighted by atomic mass is 14.4. The summed E-state index contributed by atoms with van der Waals surface area (Å²) in [5.74, 6) is 4.67. The minimum absolute atomic E-state index is 0.864. The van der Waals surface area contributed by atoms with E-state index in [0.29, 0.717) is 0 Å². The number of hydrogen-bond acceptors (Lipinski definition) is 0. The van der Waals surface area contributed by atoms with Crippen LogP contribution < -0.4 is 0 Å². The minimum atomic E-state index is 0.864. The first kappa shape index (κ1) is 8.34. The molecule has 2 bridgehead atoms. The molecule has 0 amide bonds. The van der Waals surface area contributed by atoms with Crippen LogP contribution in [0.25, 0.3) is 0 Å². The van der Waals surface area contributed by atoms with Crippen LogP contribution >= 0.6 is 0 Å². The summed E-state index contributed by atoms with van der Waals surface area (Å²) in [6.45, 7) is 7.16. The number of rotatable bonds is 2. The Morgan fingerprint density at radius 3 is 2.25 bits per heavy atom. The summed E-state index contributed by atoms with van der Waals surface area (Å²) in [5.41, 5.74) is 0. The Bertz CT molecular complexity index is 190. The Kier molecular flexibility index (Phi) is 2.02. The molecule has 0 saturated heterocycles. The van der Waals surface area contributed by atoms with Gasteiger partial charge in [0.1, 0.15) is 0 Å². The molecule has 0 aromatic heterocycles. The maximum Gasteiger partial charge on any atom is -0.0197 e. The maximum absolute atomic E-state index is 2.47. The Labute approximate surface area is 76.1 Å². The van der Waals surface area contributed by atoms with Crippen LogP contribution in [0.5, 0.6) is 0 Å². The molecule has 0 heterocycles. The van der Waals surface area contributed by atoms with Crippen LogP contribution in [0.4, 0.5) is 0 Å². The second-order valence-corrected chi connectivity index (χ2v) is 5.05. The number of fused-ring (bicyclic) bond motifs is 2. The molecule has 0 radical (unpaired) electrons. The first-order chi connectivity index (χ1) is 5.68. The fraction of sp³-hybridized carbons (Fsp3) is 0.833. The van der Waals surface area contributed by atoms with E-state index in [1.165, 1.54) is 12.8 Å². The summed E-state index contributed by atoms with van der Waals surface area (Å²) in [4.78, 5) is 0. The van der Waals surface area contributed by atoms with Gasteiger partial charge in [0, 0.05) is 0 Å². The van der Waals surface area contributed by atoms with Gasteiger partial charge in [0.25, 0.3) is 0 Å². The third-order valence-electron chi connectivity index (χ3n) is 4.06. The molecule has 0 nitrogen and oxygen atoms in total. The molecule has 1 fully saturated rings. The molecule has 0 spiro atoms. The van der Waals surface area contributed by atoms with Gasteiger partial charge >= 0.3 is 0 Å². The molecule has 0 aromatic carbocycles. The Hall–Kier alpha value is -0.260. The van der Waals surface area contributed by atoms with Gasteiger partial charge in [-0.3, -0.25) is 0 Å². The van der Waals surface area contributed by atoms with Crippen molar-refractivity contribution in [3.63, 3.8) is 0 Å². The predicted molar refractivity (Wildman–Crippen MR) is 52.8 cm³/mol. The monoisotopic (exact) mass is 164 g/mol. The molecule has 4 atom stereocenters. The highest BCUT2D eigenvalue weighted by Crippen LogP contribution is 2.48. The average molecular weight is 164 g/mol. The van der Waals surface area contributed by atoms with Crippen LogP contribution in [0, 0.1) is 29.6 Å². The predicted octanol–water partition coefficient (Wildman–Crippen LogP) is 3.49. The molecule has 12 heavy (non-hydrogen) atoms. The first-order valence-corrected chi connectivity index (χ1v) is 5.37. The summed E-state index contributed by atoms with van der Waals surface area (Å²) < 4.78 is 0.